The number of anilines is 1. The number of hydrogen-bond acceptors (Lipinski definition) is 5. The Hall–Kier alpha value is -3.04. The van der Waals surface area contributed by atoms with Gasteiger partial charge in [-0.05, 0) is 55.3 Å². The predicted octanol–water partition coefficient (Wildman–Crippen LogP) is 3.11. The van der Waals surface area contributed by atoms with Gasteiger partial charge in [0.25, 0.3) is 0 Å². The van der Waals surface area contributed by atoms with Gasteiger partial charge in [-0.2, -0.15) is 5.26 Å². The van der Waals surface area contributed by atoms with Crippen molar-refractivity contribution in [3.63, 3.8) is 0 Å². The molecule has 0 saturated carbocycles. The van der Waals surface area contributed by atoms with Gasteiger partial charge in [-0.3, -0.25) is 9.69 Å². The van der Waals surface area contributed by atoms with Crippen molar-refractivity contribution >= 4 is 11.6 Å². The Morgan fingerprint density at radius 1 is 1.19 bits per heavy atom. The van der Waals surface area contributed by atoms with E-state index in [1.54, 1.807) is 24.3 Å². The molecule has 1 saturated heterocycles. The van der Waals surface area contributed by atoms with Gasteiger partial charge < -0.3 is 14.8 Å². The second kappa shape index (κ2) is 7.68. The van der Waals surface area contributed by atoms with Crippen molar-refractivity contribution in [2.45, 2.75) is 18.9 Å². The molecule has 2 heterocycles. The van der Waals surface area contributed by atoms with Gasteiger partial charge in [0, 0.05) is 11.7 Å². The second-order valence-electron chi connectivity index (χ2n) is 6.77. The zero-order chi connectivity index (χ0) is 18.6. The van der Waals surface area contributed by atoms with Gasteiger partial charge in [0.05, 0.1) is 18.2 Å². The summed E-state index contributed by atoms with van der Waals surface area (Å²) in [5, 5.41) is 11.9. The SMILES string of the molecule is N#Cc1cccc(NC(=O)CN2CCC[C@H]2c2ccc3c(c2)OCCO3)c1. The molecule has 27 heavy (non-hydrogen) atoms. The van der Waals surface area contributed by atoms with Crippen LogP contribution < -0.4 is 14.8 Å². The zero-order valence-corrected chi connectivity index (χ0v) is 15.0. The molecule has 2 aliphatic rings. The molecule has 0 aliphatic carbocycles. The standard InChI is InChI=1S/C21H21N3O3/c22-13-15-3-1-4-17(11-15)23-21(25)14-24-8-2-5-18(24)16-6-7-19-20(12-16)27-10-9-26-19/h1,3-4,6-7,11-12,18H,2,5,8-10,14H2,(H,23,25)/t18-/m0/s1. The summed E-state index contributed by atoms with van der Waals surface area (Å²) in [6.45, 7) is 2.34. The molecule has 138 valence electrons. The van der Waals surface area contributed by atoms with E-state index < -0.39 is 0 Å². The van der Waals surface area contributed by atoms with Gasteiger partial charge >= 0.3 is 0 Å². The highest BCUT2D eigenvalue weighted by Crippen LogP contribution is 2.37. The molecule has 1 amide bonds. The molecular weight excluding hydrogens is 342 g/mol. The smallest absolute Gasteiger partial charge is 0.238 e. The number of carbonyl (C=O) groups is 1. The second-order valence-corrected chi connectivity index (χ2v) is 6.77. The minimum absolute atomic E-state index is 0.0745. The number of nitrogens with one attached hydrogen (secondary N) is 1. The van der Waals surface area contributed by atoms with Crippen molar-refractivity contribution in [1.82, 2.24) is 4.90 Å². The van der Waals surface area contributed by atoms with Crippen LogP contribution in [0.15, 0.2) is 42.5 Å². The Morgan fingerprint density at radius 2 is 2.04 bits per heavy atom. The van der Waals surface area contributed by atoms with Crippen LogP contribution in [0, 0.1) is 11.3 Å². The molecule has 6 nitrogen and oxygen atoms in total. The third-order valence-electron chi connectivity index (χ3n) is 4.94. The van der Waals surface area contributed by atoms with Crippen LogP contribution in [0.4, 0.5) is 5.69 Å². The number of ether oxygens (including phenoxy) is 2. The number of nitrogens with zero attached hydrogens (tertiary/aromatic N) is 2. The summed E-state index contributed by atoms with van der Waals surface area (Å²) in [7, 11) is 0. The van der Waals surface area contributed by atoms with Crippen LogP contribution in [0.3, 0.4) is 0 Å². The maximum absolute atomic E-state index is 12.5. The first kappa shape index (κ1) is 17.4. The number of rotatable bonds is 4. The maximum atomic E-state index is 12.5. The Kier molecular flexibility index (Phi) is 4.95. The van der Waals surface area contributed by atoms with Crippen LogP contribution in [0.5, 0.6) is 11.5 Å². The third kappa shape index (κ3) is 3.88. The summed E-state index contributed by atoms with van der Waals surface area (Å²) >= 11 is 0. The number of hydrogen-bond donors (Lipinski definition) is 1. The lowest BCUT2D eigenvalue weighted by molar-refractivity contribution is -0.117. The minimum atomic E-state index is -0.0745. The van der Waals surface area contributed by atoms with E-state index in [0.717, 1.165) is 36.4 Å². The van der Waals surface area contributed by atoms with Crippen LogP contribution in [0.1, 0.15) is 30.0 Å². The van der Waals surface area contributed by atoms with Crippen LogP contribution in [-0.2, 0) is 4.79 Å². The fourth-order valence-electron chi connectivity index (χ4n) is 3.71. The van der Waals surface area contributed by atoms with Crippen molar-refractivity contribution < 1.29 is 14.3 Å². The van der Waals surface area contributed by atoms with Crippen LogP contribution in [0.2, 0.25) is 0 Å². The number of fused-ring (bicyclic) bond motifs is 1. The molecule has 0 spiro atoms. The highest BCUT2D eigenvalue weighted by atomic mass is 16.6. The van der Waals surface area contributed by atoms with Crippen LogP contribution in [0.25, 0.3) is 0 Å². The molecular formula is C21H21N3O3. The number of nitriles is 1. The van der Waals surface area contributed by atoms with Gasteiger partial charge in [-0.25, -0.2) is 0 Å². The topological polar surface area (TPSA) is 74.6 Å². The van der Waals surface area contributed by atoms with Crippen LogP contribution >= 0.6 is 0 Å². The van der Waals surface area contributed by atoms with E-state index in [1.165, 1.54) is 0 Å². The van der Waals surface area contributed by atoms with Gasteiger partial charge in [-0.15, -0.1) is 0 Å². The molecule has 4 rings (SSSR count). The molecule has 0 aromatic heterocycles. The zero-order valence-electron chi connectivity index (χ0n) is 15.0. The van der Waals surface area contributed by atoms with Crippen LogP contribution in [-0.4, -0.2) is 37.1 Å². The summed E-state index contributed by atoms with van der Waals surface area (Å²) in [6.07, 6.45) is 2.06. The number of carbonyl (C=O) groups excluding carboxylic acids is 1. The average Bonchev–Trinajstić information content (AvgIpc) is 3.15. The summed E-state index contributed by atoms with van der Waals surface area (Å²) in [6, 6.07) is 15.3. The van der Waals surface area contributed by atoms with E-state index in [2.05, 4.69) is 22.4 Å². The van der Waals surface area contributed by atoms with E-state index in [9.17, 15) is 4.79 Å². The van der Waals surface area contributed by atoms with E-state index in [1.807, 2.05) is 12.1 Å². The van der Waals surface area contributed by atoms with Gasteiger partial charge in [0.2, 0.25) is 5.91 Å². The Balaban J connectivity index is 1.44. The van der Waals surface area contributed by atoms with Gasteiger partial charge in [0.1, 0.15) is 13.2 Å². The van der Waals surface area contributed by atoms with E-state index >= 15 is 0 Å². The first-order valence-electron chi connectivity index (χ1n) is 9.16. The van der Waals surface area contributed by atoms with E-state index in [-0.39, 0.29) is 11.9 Å². The molecule has 1 fully saturated rings. The molecule has 6 heteroatoms. The summed E-state index contributed by atoms with van der Waals surface area (Å²) in [5.74, 6) is 1.49. The summed E-state index contributed by atoms with van der Waals surface area (Å²) in [5.41, 5.74) is 2.33. The molecule has 1 N–H and O–H groups in total. The van der Waals surface area contributed by atoms with E-state index in [0.29, 0.717) is 31.0 Å². The lowest BCUT2D eigenvalue weighted by Crippen LogP contribution is -2.33. The van der Waals surface area contributed by atoms with Crippen molar-refractivity contribution in [2.24, 2.45) is 0 Å². The highest BCUT2D eigenvalue weighted by molar-refractivity contribution is 5.92. The summed E-state index contributed by atoms with van der Waals surface area (Å²) in [4.78, 5) is 14.7. The number of likely N-dealkylation sites (tertiary alicyclic amines) is 1. The molecule has 2 aromatic rings. The van der Waals surface area contributed by atoms with Crippen molar-refractivity contribution in [2.75, 3.05) is 31.6 Å². The first-order chi connectivity index (χ1) is 13.2. The third-order valence-corrected chi connectivity index (χ3v) is 4.94. The Labute approximate surface area is 158 Å². The van der Waals surface area contributed by atoms with Crippen molar-refractivity contribution in [3.05, 3.63) is 53.6 Å². The molecule has 0 unspecified atom stereocenters. The molecule has 2 aromatic carbocycles. The fraction of sp³-hybridized carbons (Fsp3) is 0.333. The largest absolute Gasteiger partial charge is 0.486 e. The highest BCUT2D eigenvalue weighted by Gasteiger charge is 2.28. The Morgan fingerprint density at radius 3 is 2.89 bits per heavy atom. The first-order valence-corrected chi connectivity index (χ1v) is 9.16. The minimum Gasteiger partial charge on any atom is -0.486 e. The quantitative estimate of drug-likeness (QED) is 0.903. The fourth-order valence-corrected chi connectivity index (χ4v) is 3.71. The van der Waals surface area contributed by atoms with Crippen molar-refractivity contribution in [1.29, 1.82) is 5.26 Å². The molecule has 2 aliphatic heterocycles. The lowest BCUT2D eigenvalue weighted by atomic mass is 10.0. The number of amides is 1. The Bertz CT molecular complexity index is 890. The monoisotopic (exact) mass is 363 g/mol. The van der Waals surface area contributed by atoms with Gasteiger partial charge in [-0.1, -0.05) is 12.1 Å². The average molecular weight is 363 g/mol. The normalized spacial score (nSPS) is 18.7. The lowest BCUT2D eigenvalue weighted by Gasteiger charge is -2.26. The predicted molar refractivity (Wildman–Crippen MR) is 101 cm³/mol. The van der Waals surface area contributed by atoms with Crippen molar-refractivity contribution in [3.8, 4) is 17.6 Å². The van der Waals surface area contributed by atoms with Gasteiger partial charge in [0.15, 0.2) is 11.5 Å². The molecule has 1 atom stereocenters. The van der Waals surface area contributed by atoms with E-state index in [4.69, 9.17) is 14.7 Å². The summed E-state index contributed by atoms with van der Waals surface area (Å²) < 4.78 is 11.3. The molecule has 0 radical (unpaired) electrons. The molecule has 0 bridgehead atoms. The number of benzene rings is 2. The maximum Gasteiger partial charge on any atom is 0.238 e.